The van der Waals surface area contributed by atoms with Crippen LogP contribution in [0.25, 0.3) is 0 Å². The van der Waals surface area contributed by atoms with Crippen molar-refractivity contribution in [3.8, 4) is 17.6 Å². The molecule has 0 unspecified atom stereocenters. The van der Waals surface area contributed by atoms with Gasteiger partial charge >= 0.3 is 0 Å². The van der Waals surface area contributed by atoms with Crippen molar-refractivity contribution in [1.82, 2.24) is 0 Å². The number of benzene rings is 1. The predicted molar refractivity (Wildman–Crippen MR) is 65.8 cm³/mol. The highest BCUT2D eigenvalue weighted by molar-refractivity contribution is 5.46. The van der Waals surface area contributed by atoms with Gasteiger partial charge in [-0.1, -0.05) is 12.1 Å². The Balaban J connectivity index is 2.74. The maximum absolute atomic E-state index is 8.45. The van der Waals surface area contributed by atoms with Crippen LogP contribution in [0.15, 0.2) is 18.2 Å². The average Bonchev–Trinajstić information content (AvgIpc) is 2.36. The first kappa shape index (κ1) is 13.3. The molecule has 1 aromatic rings. The van der Waals surface area contributed by atoms with Crippen molar-refractivity contribution >= 4 is 0 Å². The van der Waals surface area contributed by atoms with Crippen molar-refractivity contribution in [3.63, 3.8) is 0 Å². The quantitative estimate of drug-likeness (QED) is 0.734. The number of nitrogens with two attached hydrogens (primary N) is 1. The summed E-state index contributed by atoms with van der Waals surface area (Å²) >= 11 is 0. The van der Waals surface area contributed by atoms with Crippen molar-refractivity contribution in [2.24, 2.45) is 5.73 Å². The van der Waals surface area contributed by atoms with Gasteiger partial charge in [-0.15, -0.1) is 0 Å². The molecule has 2 N–H and O–H groups in total. The Kier molecular flexibility index (Phi) is 5.91. The molecule has 92 valence electrons. The molecule has 4 nitrogen and oxygen atoms in total. The monoisotopic (exact) mass is 234 g/mol. The summed E-state index contributed by atoms with van der Waals surface area (Å²) in [7, 11) is 0. The molecule has 0 radical (unpaired) electrons. The van der Waals surface area contributed by atoms with E-state index in [9.17, 15) is 0 Å². The van der Waals surface area contributed by atoms with Gasteiger partial charge in [0.25, 0.3) is 0 Å². The first-order valence-corrected chi connectivity index (χ1v) is 5.78. The van der Waals surface area contributed by atoms with Gasteiger partial charge in [0, 0.05) is 18.5 Å². The molecular formula is C13H18N2O2. The number of nitrogens with zero attached hydrogens (tertiary/aromatic N) is 1. The van der Waals surface area contributed by atoms with Gasteiger partial charge in [-0.2, -0.15) is 5.26 Å². The van der Waals surface area contributed by atoms with Crippen LogP contribution in [0.1, 0.15) is 25.3 Å². The standard InChI is InChI=1S/C13H18N2O2/c1-2-16-12-7-5-6-11(10-15)13(12)17-9-4-3-8-14/h5-7H,2-4,9-10,15H2,1H3. The summed E-state index contributed by atoms with van der Waals surface area (Å²) in [6.45, 7) is 3.43. The van der Waals surface area contributed by atoms with E-state index < -0.39 is 0 Å². The number of unbranched alkanes of at least 4 members (excludes halogenated alkanes) is 1. The van der Waals surface area contributed by atoms with Crippen LogP contribution < -0.4 is 15.2 Å². The van der Waals surface area contributed by atoms with Crippen LogP contribution in [-0.2, 0) is 6.54 Å². The van der Waals surface area contributed by atoms with Crippen LogP contribution in [0.4, 0.5) is 0 Å². The molecule has 0 saturated carbocycles. The van der Waals surface area contributed by atoms with Gasteiger partial charge in [0.15, 0.2) is 11.5 Å². The molecule has 0 heterocycles. The SMILES string of the molecule is CCOc1cccc(CN)c1OCCCC#N. The summed E-state index contributed by atoms with van der Waals surface area (Å²) in [6.07, 6.45) is 1.20. The summed E-state index contributed by atoms with van der Waals surface area (Å²) in [6, 6.07) is 7.77. The molecule has 0 fully saturated rings. The van der Waals surface area contributed by atoms with Crippen LogP contribution in [0, 0.1) is 11.3 Å². The van der Waals surface area contributed by atoms with E-state index in [4.69, 9.17) is 20.5 Å². The third-order valence-electron chi connectivity index (χ3n) is 2.26. The molecule has 1 aromatic carbocycles. The molecule has 4 heteroatoms. The van der Waals surface area contributed by atoms with Gasteiger partial charge in [0.2, 0.25) is 0 Å². The van der Waals surface area contributed by atoms with Gasteiger partial charge in [-0.05, 0) is 19.4 Å². The Bertz CT molecular complexity index is 385. The minimum atomic E-state index is 0.411. The molecule has 0 bridgehead atoms. The molecule has 0 saturated heterocycles. The predicted octanol–water partition coefficient (Wildman–Crippen LogP) is 2.23. The number of hydrogen-bond donors (Lipinski definition) is 1. The molecule has 0 atom stereocenters. The first-order chi connectivity index (χ1) is 8.33. The van der Waals surface area contributed by atoms with Crippen LogP contribution in [0.2, 0.25) is 0 Å². The normalized spacial score (nSPS) is 9.71. The zero-order chi connectivity index (χ0) is 12.5. The lowest BCUT2D eigenvalue weighted by Gasteiger charge is -2.14. The minimum Gasteiger partial charge on any atom is -0.490 e. The molecule has 0 amide bonds. The largest absolute Gasteiger partial charge is 0.490 e. The molecular weight excluding hydrogens is 216 g/mol. The van der Waals surface area contributed by atoms with E-state index in [0.717, 1.165) is 5.56 Å². The fraction of sp³-hybridized carbons (Fsp3) is 0.462. The van der Waals surface area contributed by atoms with Gasteiger partial charge in [-0.3, -0.25) is 0 Å². The Morgan fingerprint density at radius 3 is 2.82 bits per heavy atom. The third-order valence-corrected chi connectivity index (χ3v) is 2.26. The fourth-order valence-electron chi connectivity index (χ4n) is 1.48. The lowest BCUT2D eigenvalue weighted by atomic mass is 10.2. The maximum atomic E-state index is 8.45. The topological polar surface area (TPSA) is 68.3 Å². The molecule has 0 spiro atoms. The molecule has 0 aliphatic rings. The van der Waals surface area contributed by atoms with Gasteiger partial charge in [0.05, 0.1) is 19.3 Å². The summed E-state index contributed by atoms with van der Waals surface area (Å²) in [5, 5.41) is 8.45. The third kappa shape index (κ3) is 3.97. The number of rotatable bonds is 7. The molecule has 0 aromatic heterocycles. The van der Waals surface area contributed by atoms with Crippen LogP contribution in [0.3, 0.4) is 0 Å². The Morgan fingerprint density at radius 2 is 2.18 bits per heavy atom. The molecule has 17 heavy (non-hydrogen) atoms. The van der Waals surface area contributed by atoms with Crippen LogP contribution >= 0.6 is 0 Å². The molecule has 1 rings (SSSR count). The van der Waals surface area contributed by atoms with Crippen molar-refractivity contribution in [2.45, 2.75) is 26.3 Å². The second kappa shape index (κ2) is 7.53. The van der Waals surface area contributed by atoms with Crippen molar-refractivity contribution in [1.29, 1.82) is 5.26 Å². The van der Waals surface area contributed by atoms with E-state index >= 15 is 0 Å². The maximum Gasteiger partial charge on any atom is 0.165 e. The summed E-state index contributed by atoms with van der Waals surface area (Å²) in [5.74, 6) is 1.42. The number of hydrogen-bond acceptors (Lipinski definition) is 4. The lowest BCUT2D eigenvalue weighted by molar-refractivity contribution is 0.272. The lowest BCUT2D eigenvalue weighted by Crippen LogP contribution is -2.06. The zero-order valence-corrected chi connectivity index (χ0v) is 10.1. The van der Waals surface area contributed by atoms with Crippen LogP contribution in [-0.4, -0.2) is 13.2 Å². The van der Waals surface area contributed by atoms with Crippen molar-refractivity contribution < 1.29 is 9.47 Å². The van der Waals surface area contributed by atoms with Gasteiger partial charge < -0.3 is 15.2 Å². The van der Waals surface area contributed by atoms with E-state index in [1.54, 1.807) is 0 Å². The zero-order valence-electron chi connectivity index (χ0n) is 10.1. The highest BCUT2D eigenvalue weighted by atomic mass is 16.5. The van der Waals surface area contributed by atoms with E-state index in [0.29, 0.717) is 44.1 Å². The van der Waals surface area contributed by atoms with Crippen molar-refractivity contribution in [2.75, 3.05) is 13.2 Å². The smallest absolute Gasteiger partial charge is 0.165 e. The van der Waals surface area contributed by atoms with E-state index in [1.807, 2.05) is 25.1 Å². The molecule has 0 aliphatic carbocycles. The van der Waals surface area contributed by atoms with E-state index in [-0.39, 0.29) is 0 Å². The average molecular weight is 234 g/mol. The Morgan fingerprint density at radius 1 is 1.35 bits per heavy atom. The van der Waals surface area contributed by atoms with Crippen LogP contribution in [0.5, 0.6) is 11.5 Å². The summed E-state index contributed by atoms with van der Waals surface area (Å²) in [5.41, 5.74) is 6.58. The fourth-order valence-corrected chi connectivity index (χ4v) is 1.48. The number of para-hydroxylation sites is 1. The first-order valence-electron chi connectivity index (χ1n) is 5.78. The Labute approximate surface area is 102 Å². The van der Waals surface area contributed by atoms with E-state index in [1.165, 1.54) is 0 Å². The number of nitriles is 1. The summed E-state index contributed by atoms with van der Waals surface area (Å²) in [4.78, 5) is 0. The van der Waals surface area contributed by atoms with Crippen molar-refractivity contribution in [3.05, 3.63) is 23.8 Å². The second-order valence-corrected chi connectivity index (χ2v) is 3.49. The highest BCUT2D eigenvalue weighted by Gasteiger charge is 2.09. The Hall–Kier alpha value is -1.73. The summed E-state index contributed by atoms with van der Waals surface area (Å²) < 4.78 is 11.1. The van der Waals surface area contributed by atoms with Gasteiger partial charge in [0.1, 0.15) is 0 Å². The minimum absolute atomic E-state index is 0.411. The highest BCUT2D eigenvalue weighted by Crippen LogP contribution is 2.31. The molecule has 0 aliphatic heterocycles. The van der Waals surface area contributed by atoms with Gasteiger partial charge in [-0.25, -0.2) is 0 Å². The number of ether oxygens (including phenoxy) is 2. The van der Waals surface area contributed by atoms with E-state index in [2.05, 4.69) is 6.07 Å². The second-order valence-electron chi connectivity index (χ2n) is 3.49.